The Morgan fingerprint density at radius 2 is 2.14 bits per heavy atom. The van der Waals surface area contributed by atoms with Gasteiger partial charge in [-0.15, -0.1) is 0 Å². The SMILES string of the molecule is COc1cc(CNC2CCCCNC2=O)cc(Cl)c1OC. The van der Waals surface area contributed by atoms with Gasteiger partial charge >= 0.3 is 0 Å². The first-order valence-corrected chi connectivity index (χ1v) is 7.45. The standard InChI is InChI=1S/C15H21ClN2O3/c1-20-13-8-10(7-11(16)14(13)21-2)9-18-12-5-3-4-6-17-15(12)19/h7-8,12,18H,3-6,9H2,1-2H3,(H,17,19). The van der Waals surface area contributed by atoms with Gasteiger partial charge in [0.25, 0.3) is 0 Å². The van der Waals surface area contributed by atoms with Crippen molar-refractivity contribution in [3.05, 3.63) is 22.7 Å². The van der Waals surface area contributed by atoms with Gasteiger partial charge < -0.3 is 20.1 Å². The number of benzene rings is 1. The quantitative estimate of drug-likeness (QED) is 0.874. The lowest BCUT2D eigenvalue weighted by Gasteiger charge is -2.16. The van der Waals surface area contributed by atoms with Gasteiger partial charge in [-0.3, -0.25) is 4.79 Å². The largest absolute Gasteiger partial charge is 0.493 e. The molecule has 0 saturated carbocycles. The minimum Gasteiger partial charge on any atom is -0.493 e. The van der Waals surface area contributed by atoms with E-state index in [2.05, 4.69) is 10.6 Å². The van der Waals surface area contributed by atoms with Crippen LogP contribution in [-0.4, -0.2) is 32.7 Å². The average molecular weight is 313 g/mol. The highest BCUT2D eigenvalue weighted by molar-refractivity contribution is 6.32. The zero-order valence-corrected chi connectivity index (χ0v) is 13.1. The third kappa shape index (κ3) is 4.02. The number of carbonyl (C=O) groups excluding carboxylic acids is 1. The number of hydrogen-bond donors (Lipinski definition) is 2. The maximum absolute atomic E-state index is 11.9. The molecule has 2 rings (SSSR count). The van der Waals surface area contributed by atoms with Crippen LogP contribution in [0.3, 0.4) is 0 Å². The second kappa shape index (κ2) is 7.52. The molecule has 1 heterocycles. The minimum absolute atomic E-state index is 0.0686. The van der Waals surface area contributed by atoms with Crippen molar-refractivity contribution in [2.24, 2.45) is 0 Å². The normalized spacial score (nSPS) is 18.8. The molecule has 1 aromatic rings. The monoisotopic (exact) mass is 312 g/mol. The van der Waals surface area contributed by atoms with E-state index in [1.807, 2.05) is 12.1 Å². The van der Waals surface area contributed by atoms with Crippen molar-refractivity contribution in [2.45, 2.75) is 31.8 Å². The second-order valence-electron chi connectivity index (χ2n) is 5.03. The zero-order valence-electron chi connectivity index (χ0n) is 12.4. The van der Waals surface area contributed by atoms with E-state index >= 15 is 0 Å². The highest BCUT2D eigenvalue weighted by Gasteiger charge is 2.20. The van der Waals surface area contributed by atoms with Gasteiger partial charge in [0.2, 0.25) is 5.91 Å². The van der Waals surface area contributed by atoms with Crippen LogP contribution >= 0.6 is 11.6 Å². The van der Waals surface area contributed by atoms with Gasteiger partial charge in [-0.2, -0.15) is 0 Å². The molecule has 1 saturated heterocycles. The number of methoxy groups -OCH3 is 2. The van der Waals surface area contributed by atoms with Crippen molar-refractivity contribution in [2.75, 3.05) is 20.8 Å². The summed E-state index contributed by atoms with van der Waals surface area (Å²) in [5, 5.41) is 6.69. The number of hydrogen-bond acceptors (Lipinski definition) is 4. The van der Waals surface area contributed by atoms with Crippen molar-refractivity contribution in [1.82, 2.24) is 10.6 Å². The Kier molecular flexibility index (Phi) is 5.70. The molecule has 21 heavy (non-hydrogen) atoms. The molecule has 1 atom stereocenters. The van der Waals surface area contributed by atoms with Gasteiger partial charge in [-0.1, -0.05) is 11.6 Å². The summed E-state index contributed by atoms with van der Waals surface area (Å²) in [7, 11) is 3.13. The second-order valence-corrected chi connectivity index (χ2v) is 5.44. The first-order valence-electron chi connectivity index (χ1n) is 7.07. The molecule has 1 fully saturated rings. The van der Waals surface area contributed by atoms with Crippen LogP contribution in [0.1, 0.15) is 24.8 Å². The molecule has 6 heteroatoms. The van der Waals surface area contributed by atoms with E-state index in [1.165, 1.54) is 0 Å². The highest BCUT2D eigenvalue weighted by Crippen LogP contribution is 2.35. The summed E-state index contributed by atoms with van der Waals surface area (Å²) in [5.41, 5.74) is 0.953. The zero-order chi connectivity index (χ0) is 15.2. The molecule has 0 spiro atoms. The van der Waals surface area contributed by atoms with Gasteiger partial charge in [-0.25, -0.2) is 0 Å². The van der Waals surface area contributed by atoms with Gasteiger partial charge in [-0.05, 0) is 37.0 Å². The van der Waals surface area contributed by atoms with Gasteiger partial charge in [0.1, 0.15) is 0 Å². The first-order chi connectivity index (χ1) is 10.2. The number of rotatable bonds is 5. The van der Waals surface area contributed by atoms with Crippen molar-refractivity contribution in [1.29, 1.82) is 0 Å². The highest BCUT2D eigenvalue weighted by atomic mass is 35.5. The van der Waals surface area contributed by atoms with E-state index in [-0.39, 0.29) is 11.9 Å². The van der Waals surface area contributed by atoms with Gasteiger partial charge in [0.15, 0.2) is 11.5 Å². The molecule has 0 bridgehead atoms. The average Bonchev–Trinajstić information content (AvgIpc) is 2.69. The fourth-order valence-corrected chi connectivity index (χ4v) is 2.76. The van der Waals surface area contributed by atoms with Crippen molar-refractivity contribution in [3.63, 3.8) is 0 Å². The molecule has 2 N–H and O–H groups in total. The number of carbonyl (C=O) groups is 1. The smallest absolute Gasteiger partial charge is 0.237 e. The summed E-state index contributed by atoms with van der Waals surface area (Å²) in [5.74, 6) is 1.18. The van der Waals surface area contributed by atoms with E-state index < -0.39 is 0 Å². The summed E-state index contributed by atoms with van der Waals surface area (Å²) in [6.07, 6.45) is 2.93. The Morgan fingerprint density at radius 3 is 2.86 bits per heavy atom. The maximum Gasteiger partial charge on any atom is 0.237 e. The molecule has 116 valence electrons. The van der Waals surface area contributed by atoms with Crippen LogP contribution in [0, 0.1) is 0 Å². The van der Waals surface area contributed by atoms with E-state index in [9.17, 15) is 4.79 Å². The lowest BCUT2D eigenvalue weighted by atomic mass is 10.1. The van der Waals surface area contributed by atoms with E-state index in [4.69, 9.17) is 21.1 Å². The van der Waals surface area contributed by atoms with Crippen molar-refractivity contribution >= 4 is 17.5 Å². The molecule has 1 aliphatic heterocycles. The first kappa shape index (κ1) is 15.9. The molecule has 0 aliphatic carbocycles. The lowest BCUT2D eigenvalue weighted by Crippen LogP contribution is -2.42. The predicted molar refractivity (Wildman–Crippen MR) is 82.0 cm³/mol. The van der Waals surface area contributed by atoms with Crippen LogP contribution in [0.4, 0.5) is 0 Å². The fraction of sp³-hybridized carbons (Fsp3) is 0.533. The summed E-state index contributed by atoms with van der Waals surface area (Å²) < 4.78 is 10.5. The molecular weight excluding hydrogens is 292 g/mol. The topological polar surface area (TPSA) is 59.6 Å². The molecule has 0 aromatic heterocycles. The van der Waals surface area contributed by atoms with Crippen LogP contribution in [0.15, 0.2) is 12.1 Å². The number of halogens is 1. The summed E-state index contributed by atoms with van der Waals surface area (Å²) in [4.78, 5) is 11.9. The minimum atomic E-state index is -0.153. The van der Waals surface area contributed by atoms with E-state index in [0.717, 1.165) is 31.4 Å². The third-order valence-corrected chi connectivity index (χ3v) is 3.86. The van der Waals surface area contributed by atoms with Crippen LogP contribution in [0.25, 0.3) is 0 Å². The summed E-state index contributed by atoms with van der Waals surface area (Å²) in [6, 6.07) is 3.54. The van der Waals surface area contributed by atoms with Crippen LogP contribution in [0.2, 0.25) is 5.02 Å². The van der Waals surface area contributed by atoms with Crippen molar-refractivity contribution < 1.29 is 14.3 Å². The molecular formula is C15H21ClN2O3. The third-order valence-electron chi connectivity index (χ3n) is 3.58. The lowest BCUT2D eigenvalue weighted by molar-refractivity contribution is -0.122. The fourth-order valence-electron chi connectivity index (χ4n) is 2.45. The van der Waals surface area contributed by atoms with Crippen molar-refractivity contribution in [3.8, 4) is 11.5 Å². The number of amides is 1. The molecule has 1 aromatic carbocycles. The Labute approximate surface area is 130 Å². The van der Waals surface area contributed by atoms with E-state index in [1.54, 1.807) is 14.2 Å². The Hall–Kier alpha value is -1.46. The molecule has 5 nitrogen and oxygen atoms in total. The Balaban J connectivity index is 2.05. The Bertz CT molecular complexity index is 508. The van der Waals surface area contributed by atoms with Crippen LogP contribution in [0.5, 0.6) is 11.5 Å². The molecule has 0 radical (unpaired) electrons. The predicted octanol–water partition coefficient (Wildman–Crippen LogP) is 2.12. The number of ether oxygens (including phenoxy) is 2. The Morgan fingerprint density at radius 1 is 1.33 bits per heavy atom. The number of nitrogens with one attached hydrogen (secondary N) is 2. The molecule has 1 aliphatic rings. The summed E-state index contributed by atoms with van der Waals surface area (Å²) >= 11 is 6.18. The maximum atomic E-state index is 11.9. The van der Waals surface area contributed by atoms with Crippen LogP contribution < -0.4 is 20.1 Å². The molecule has 1 amide bonds. The summed E-state index contributed by atoms with van der Waals surface area (Å²) in [6.45, 7) is 1.32. The van der Waals surface area contributed by atoms with Gasteiger partial charge in [0, 0.05) is 13.1 Å². The molecule has 1 unspecified atom stereocenters. The van der Waals surface area contributed by atoms with E-state index in [0.29, 0.717) is 23.1 Å². The van der Waals surface area contributed by atoms with Gasteiger partial charge in [0.05, 0.1) is 25.3 Å². The van der Waals surface area contributed by atoms with Crippen LogP contribution in [-0.2, 0) is 11.3 Å².